The van der Waals surface area contributed by atoms with Crippen LogP contribution in [0.5, 0.6) is 0 Å². The molecular weight excluding hydrogens is 151 g/mol. The fourth-order valence-corrected chi connectivity index (χ4v) is 0.220. The number of hydrogen-bond acceptors (Lipinski definition) is 2. The minimum absolute atomic E-state index is 1.09. The van der Waals surface area contributed by atoms with Gasteiger partial charge in [-0.25, -0.2) is 4.79 Å². The molecule has 0 aliphatic heterocycles. The molecule has 0 aromatic rings. The first-order chi connectivity index (χ1) is 4.45. The van der Waals surface area contributed by atoms with Gasteiger partial charge < -0.3 is 10.1 Å². The number of alkyl halides is 3. The molecule has 0 unspecified atom stereocenters. The first-order valence-electron chi connectivity index (χ1n) is 2.37. The van der Waals surface area contributed by atoms with Gasteiger partial charge in [0.05, 0.1) is 0 Å². The first-order valence-corrected chi connectivity index (χ1v) is 2.37. The highest BCUT2D eigenvalue weighted by atomic mass is 19.4. The molecule has 10 heavy (non-hydrogen) atoms. The van der Waals surface area contributed by atoms with Gasteiger partial charge in [0, 0.05) is 7.05 Å². The number of carbonyl (C=O) groups excluding carboxylic acids is 1. The SMILES string of the molecule is CNC(=O)OCC(F)(F)F. The Hall–Kier alpha value is -0.940. The lowest BCUT2D eigenvalue weighted by Gasteiger charge is -2.05. The third kappa shape index (κ3) is 5.20. The fourth-order valence-electron chi connectivity index (χ4n) is 0.220. The van der Waals surface area contributed by atoms with Gasteiger partial charge in [-0.1, -0.05) is 0 Å². The number of rotatable bonds is 1. The Bertz CT molecular complexity index is 122. The smallest absolute Gasteiger partial charge is 0.422 e. The third-order valence-electron chi connectivity index (χ3n) is 0.571. The summed E-state index contributed by atoms with van der Waals surface area (Å²) in [4.78, 5) is 10.0. The Labute approximate surface area is 55.2 Å². The molecule has 0 radical (unpaired) electrons. The lowest BCUT2D eigenvalue weighted by atomic mass is 10.7. The lowest BCUT2D eigenvalue weighted by Crippen LogP contribution is -2.26. The largest absolute Gasteiger partial charge is 0.440 e. The van der Waals surface area contributed by atoms with Crippen molar-refractivity contribution in [2.75, 3.05) is 13.7 Å². The summed E-state index contributed by atoms with van der Waals surface area (Å²) < 4.78 is 37.4. The molecule has 0 aliphatic rings. The summed E-state index contributed by atoms with van der Waals surface area (Å²) in [5, 5.41) is 1.88. The van der Waals surface area contributed by atoms with Gasteiger partial charge in [0.15, 0.2) is 6.61 Å². The topological polar surface area (TPSA) is 38.3 Å². The highest BCUT2D eigenvalue weighted by Crippen LogP contribution is 2.14. The molecule has 0 bridgehead atoms. The van der Waals surface area contributed by atoms with Crippen LogP contribution < -0.4 is 5.32 Å². The van der Waals surface area contributed by atoms with Crippen LogP contribution in [0.2, 0.25) is 0 Å². The van der Waals surface area contributed by atoms with E-state index in [9.17, 15) is 18.0 Å². The molecular formula is C4H6F3NO2. The van der Waals surface area contributed by atoms with Crippen molar-refractivity contribution in [2.24, 2.45) is 0 Å². The fraction of sp³-hybridized carbons (Fsp3) is 0.750. The van der Waals surface area contributed by atoms with E-state index >= 15 is 0 Å². The molecule has 0 saturated heterocycles. The van der Waals surface area contributed by atoms with Crippen molar-refractivity contribution >= 4 is 6.09 Å². The number of amides is 1. The number of carbonyl (C=O) groups is 1. The van der Waals surface area contributed by atoms with Crippen LogP contribution in [0.15, 0.2) is 0 Å². The molecule has 0 aromatic heterocycles. The number of hydrogen-bond donors (Lipinski definition) is 1. The van der Waals surface area contributed by atoms with Gasteiger partial charge in [0.25, 0.3) is 0 Å². The Morgan fingerprint density at radius 1 is 1.60 bits per heavy atom. The van der Waals surface area contributed by atoms with Gasteiger partial charge in [-0.05, 0) is 0 Å². The summed E-state index contributed by atoms with van der Waals surface area (Å²) in [6.45, 7) is -1.55. The van der Waals surface area contributed by atoms with E-state index in [1.54, 1.807) is 0 Å². The van der Waals surface area contributed by atoms with Crippen molar-refractivity contribution < 1.29 is 22.7 Å². The Kier molecular flexibility index (Phi) is 2.98. The molecule has 60 valence electrons. The maximum Gasteiger partial charge on any atom is 0.422 e. The van der Waals surface area contributed by atoms with Crippen LogP contribution in [0.1, 0.15) is 0 Å². The summed E-state index contributed by atoms with van der Waals surface area (Å²) in [6.07, 6.45) is -5.54. The highest BCUT2D eigenvalue weighted by Gasteiger charge is 2.29. The monoisotopic (exact) mass is 157 g/mol. The zero-order valence-electron chi connectivity index (χ0n) is 5.16. The summed E-state index contributed by atoms with van der Waals surface area (Å²) in [6, 6.07) is 0. The Morgan fingerprint density at radius 2 is 2.10 bits per heavy atom. The summed E-state index contributed by atoms with van der Waals surface area (Å²) in [5.41, 5.74) is 0. The van der Waals surface area contributed by atoms with E-state index in [1.165, 1.54) is 7.05 Å². The normalized spacial score (nSPS) is 10.8. The molecule has 0 aromatic carbocycles. The van der Waals surface area contributed by atoms with E-state index < -0.39 is 18.9 Å². The second-order valence-corrected chi connectivity index (χ2v) is 1.44. The van der Waals surface area contributed by atoms with Crippen LogP contribution in [-0.4, -0.2) is 25.9 Å². The van der Waals surface area contributed by atoms with Gasteiger partial charge in [-0.2, -0.15) is 13.2 Å². The molecule has 0 fully saturated rings. The second kappa shape index (κ2) is 3.28. The minimum Gasteiger partial charge on any atom is -0.440 e. The van der Waals surface area contributed by atoms with Gasteiger partial charge in [0.1, 0.15) is 0 Å². The number of alkyl carbamates (subject to hydrolysis) is 1. The average Bonchev–Trinajstić information content (AvgIpc) is 1.81. The zero-order valence-corrected chi connectivity index (χ0v) is 5.16. The average molecular weight is 157 g/mol. The van der Waals surface area contributed by atoms with E-state index in [-0.39, 0.29) is 0 Å². The molecule has 1 N–H and O–H groups in total. The standard InChI is InChI=1S/C4H6F3NO2/c1-8-3(9)10-2-4(5,6)7/h2H2,1H3,(H,8,9). The first kappa shape index (κ1) is 9.06. The van der Waals surface area contributed by atoms with Crippen molar-refractivity contribution in [1.29, 1.82) is 0 Å². The highest BCUT2D eigenvalue weighted by molar-refractivity contribution is 5.66. The quantitative estimate of drug-likeness (QED) is 0.614. The molecule has 0 saturated carbocycles. The predicted octanol–water partition coefficient (Wildman–Crippen LogP) is 0.905. The molecule has 0 heterocycles. The van der Waals surface area contributed by atoms with E-state index in [4.69, 9.17) is 0 Å². The van der Waals surface area contributed by atoms with Gasteiger partial charge in [-0.15, -0.1) is 0 Å². The maximum atomic E-state index is 11.2. The third-order valence-corrected chi connectivity index (χ3v) is 0.571. The minimum atomic E-state index is -4.45. The van der Waals surface area contributed by atoms with E-state index in [0.717, 1.165) is 0 Å². The molecule has 0 atom stereocenters. The van der Waals surface area contributed by atoms with Gasteiger partial charge >= 0.3 is 12.3 Å². The van der Waals surface area contributed by atoms with E-state index in [0.29, 0.717) is 0 Å². The van der Waals surface area contributed by atoms with Crippen LogP contribution in [0.4, 0.5) is 18.0 Å². The molecule has 1 amide bonds. The summed E-state index contributed by atoms with van der Waals surface area (Å²) in [7, 11) is 1.18. The number of halogens is 3. The van der Waals surface area contributed by atoms with Crippen LogP contribution in [0.25, 0.3) is 0 Å². The molecule has 0 spiro atoms. The Morgan fingerprint density at radius 3 is 2.40 bits per heavy atom. The van der Waals surface area contributed by atoms with Crippen LogP contribution in [0, 0.1) is 0 Å². The van der Waals surface area contributed by atoms with Crippen molar-refractivity contribution in [1.82, 2.24) is 5.32 Å². The number of nitrogens with one attached hydrogen (secondary N) is 1. The lowest BCUT2D eigenvalue weighted by molar-refractivity contribution is -0.160. The van der Waals surface area contributed by atoms with E-state index in [1.807, 2.05) is 5.32 Å². The van der Waals surface area contributed by atoms with Crippen LogP contribution in [-0.2, 0) is 4.74 Å². The molecule has 0 rings (SSSR count). The van der Waals surface area contributed by atoms with Gasteiger partial charge in [0.2, 0.25) is 0 Å². The summed E-state index contributed by atoms with van der Waals surface area (Å²) >= 11 is 0. The predicted molar refractivity (Wildman–Crippen MR) is 26.5 cm³/mol. The van der Waals surface area contributed by atoms with Crippen LogP contribution >= 0.6 is 0 Å². The molecule has 0 aliphatic carbocycles. The van der Waals surface area contributed by atoms with Crippen molar-refractivity contribution in [2.45, 2.75) is 6.18 Å². The van der Waals surface area contributed by atoms with Crippen molar-refractivity contribution in [3.05, 3.63) is 0 Å². The zero-order chi connectivity index (χ0) is 8.20. The molecule has 6 heteroatoms. The Balaban J connectivity index is 3.46. The van der Waals surface area contributed by atoms with E-state index in [2.05, 4.69) is 4.74 Å². The summed E-state index contributed by atoms with van der Waals surface area (Å²) in [5.74, 6) is 0. The van der Waals surface area contributed by atoms with Crippen molar-refractivity contribution in [3.8, 4) is 0 Å². The van der Waals surface area contributed by atoms with Crippen LogP contribution in [0.3, 0.4) is 0 Å². The maximum absolute atomic E-state index is 11.2. The van der Waals surface area contributed by atoms with Gasteiger partial charge in [-0.3, -0.25) is 0 Å². The second-order valence-electron chi connectivity index (χ2n) is 1.44. The number of ether oxygens (including phenoxy) is 1. The molecule has 3 nitrogen and oxygen atoms in total. The van der Waals surface area contributed by atoms with Crippen molar-refractivity contribution in [3.63, 3.8) is 0 Å².